The van der Waals surface area contributed by atoms with E-state index >= 15 is 0 Å². The van der Waals surface area contributed by atoms with E-state index < -0.39 is 0 Å². The van der Waals surface area contributed by atoms with Gasteiger partial charge in [0.15, 0.2) is 5.96 Å². The molecule has 1 atom stereocenters. The van der Waals surface area contributed by atoms with Gasteiger partial charge in [0.1, 0.15) is 0 Å². The molecule has 4 N–H and O–H groups in total. The largest absolute Gasteiger partial charge is 0.356 e. The summed E-state index contributed by atoms with van der Waals surface area (Å²) >= 11 is 0. The van der Waals surface area contributed by atoms with E-state index in [1.807, 2.05) is 18.2 Å². The number of guanidine groups is 1. The molecule has 1 aliphatic carbocycles. The Labute approximate surface area is 196 Å². The minimum absolute atomic E-state index is 0. The number of halogens is 1. The van der Waals surface area contributed by atoms with Crippen molar-refractivity contribution < 1.29 is 9.59 Å². The molecule has 0 aromatic heterocycles. The molecule has 0 bridgehead atoms. The fourth-order valence-corrected chi connectivity index (χ4v) is 4.23. The fraction of sp³-hybridized carbons (Fsp3) is 0.591. The van der Waals surface area contributed by atoms with Crippen LogP contribution in [0.3, 0.4) is 0 Å². The number of nitrogens with zero attached hydrogens (tertiary/aromatic N) is 1. The molecule has 7 nitrogen and oxygen atoms in total. The van der Waals surface area contributed by atoms with Gasteiger partial charge in [0, 0.05) is 51.1 Å². The molecule has 1 unspecified atom stereocenters. The van der Waals surface area contributed by atoms with Crippen LogP contribution in [0, 0.1) is 5.92 Å². The van der Waals surface area contributed by atoms with Crippen molar-refractivity contribution in [2.75, 3.05) is 32.0 Å². The van der Waals surface area contributed by atoms with E-state index in [1.54, 1.807) is 7.05 Å². The molecule has 2 amide bonds. The lowest BCUT2D eigenvalue weighted by atomic mass is 9.87. The Hall–Kier alpha value is -1.84. The highest BCUT2D eigenvalue weighted by atomic mass is 127. The molecule has 8 heteroatoms. The second-order valence-corrected chi connectivity index (χ2v) is 7.97. The van der Waals surface area contributed by atoms with Crippen LogP contribution in [0.2, 0.25) is 0 Å². The van der Waals surface area contributed by atoms with Crippen LogP contribution in [0.5, 0.6) is 0 Å². The average Bonchev–Trinajstić information content (AvgIpc) is 2.73. The summed E-state index contributed by atoms with van der Waals surface area (Å²) in [7, 11) is 1.72. The Balaban J connectivity index is 0.00000320. The van der Waals surface area contributed by atoms with Crippen molar-refractivity contribution in [3.63, 3.8) is 0 Å². The molecule has 1 fully saturated rings. The molecule has 3 rings (SSSR count). The maximum Gasteiger partial charge on any atom is 0.225 e. The average molecular weight is 527 g/mol. The number of anilines is 1. The number of hydrogen-bond donors (Lipinski definition) is 4. The summed E-state index contributed by atoms with van der Waals surface area (Å²) < 4.78 is 0. The van der Waals surface area contributed by atoms with Gasteiger partial charge in [0.25, 0.3) is 0 Å². The number of nitrogens with one attached hydrogen (secondary N) is 4. The lowest BCUT2D eigenvalue weighted by Gasteiger charge is -2.26. The zero-order valence-electron chi connectivity index (χ0n) is 17.7. The van der Waals surface area contributed by atoms with Crippen LogP contribution in [0.15, 0.2) is 29.3 Å². The maximum atomic E-state index is 12.1. The lowest BCUT2D eigenvalue weighted by molar-refractivity contribution is -0.122. The second-order valence-electron chi connectivity index (χ2n) is 7.97. The zero-order valence-corrected chi connectivity index (χ0v) is 20.0. The van der Waals surface area contributed by atoms with Crippen molar-refractivity contribution in [3.05, 3.63) is 29.8 Å². The van der Waals surface area contributed by atoms with Crippen molar-refractivity contribution in [2.45, 2.75) is 50.9 Å². The van der Waals surface area contributed by atoms with Gasteiger partial charge in [-0.05, 0) is 30.4 Å². The van der Waals surface area contributed by atoms with Gasteiger partial charge in [0.05, 0.1) is 0 Å². The Morgan fingerprint density at radius 1 is 1.10 bits per heavy atom. The number of carbonyl (C=O) groups excluding carboxylic acids is 2. The summed E-state index contributed by atoms with van der Waals surface area (Å²) in [5, 5.41) is 12.4. The molecule has 1 aromatic carbocycles. The second kappa shape index (κ2) is 12.8. The number of amides is 2. The SMILES string of the molecule is CN=C(NCCNC(=O)CC1CCCCC1)NCC1CC(=O)Nc2ccccc21.I. The summed E-state index contributed by atoms with van der Waals surface area (Å²) in [6.07, 6.45) is 7.30. The molecule has 1 aliphatic heterocycles. The van der Waals surface area contributed by atoms with Gasteiger partial charge < -0.3 is 21.3 Å². The Morgan fingerprint density at radius 3 is 2.60 bits per heavy atom. The predicted octanol–water partition coefficient (Wildman–Crippen LogP) is 2.98. The van der Waals surface area contributed by atoms with Gasteiger partial charge in [-0.3, -0.25) is 14.6 Å². The first-order chi connectivity index (χ1) is 14.2. The third-order valence-electron chi connectivity index (χ3n) is 5.78. The van der Waals surface area contributed by atoms with E-state index in [9.17, 15) is 9.59 Å². The molecule has 30 heavy (non-hydrogen) atoms. The van der Waals surface area contributed by atoms with Crippen molar-refractivity contribution in [1.82, 2.24) is 16.0 Å². The van der Waals surface area contributed by atoms with Crippen LogP contribution in [-0.4, -0.2) is 44.5 Å². The predicted molar refractivity (Wildman–Crippen MR) is 131 cm³/mol. The van der Waals surface area contributed by atoms with E-state index in [4.69, 9.17) is 0 Å². The van der Waals surface area contributed by atoms with Crippen molar-refractivity contribution in [1.29, 1.82) is 0 Å². The van der Waals surface area contributed by atoms with Crippen LogP contribution in [0.25, 0.3) is 0 Å². The van der Waals surface area contributed by atoms with Crippen LogP contribution in [0.1, 0.15) is 56.4 Å². The molecule has 0 saturated heterocycles. The number of rotatable bonds is 7. The topological polar surface area (TPSA) is 94.6 Å². The highest BCUT2D eigenvalue weighted by molar-refractivity contribution is 14.0. The summed E-state index contributed by atoms with van der Waals surface area (Å²) in [5.74, 6) is 1.52. The molecule has 0 spiro atoms. The number of carbonyl (C=O) groups is 2. The Kier molecular flexibility index (Phi) is 10.4. The molecular formula is C22H34IN5O2. The quantitative estimate of drug-likeness (QED) is 0.190. The Bertz CT molecular complexity index is 734. The minimum atomic E-state index is 0. The van der Waals surface area contributed by atoms with Gasteiger partial charge >= 0.3 is 0 Å². The van der Waals surface area contributed by atoms with E-state index in [1.165, 1.54) is 32.1 Å². The highest BCUT2D eigenvalue weighted by Gasteiger charge is 2.24. The number of para-hydroxylation sites is 1. The summed E-state index contributed by atoms with van der Waals surface area (Å²) in [6, 6.07) is 7.91. The summed E-state index contributed by atoms with van der Waals surface area (Å²) in [5.41, 5.74) is 2.03. The van der Waals surface area contributed by atoms with Crippen LogP contribution < -0.4 is 21.3 Å². The van der Waals surface area contributed by atoms with E-state index in [0.717, 1.165) is 11.3 Å². The van der Waals surface area contributed by atoms with E-state index in [2.05, 4.69) is 32.3 Å². The number of fused-ring (bicyclic) bond motifs is 1. The fourth-order valence-electron chi connectivity index (χ4n) is 4.23. The minimum Gasteiger partial charge on any atom is -0.356 e. The van der Waals surface area contributed by atoms with Crippen molar-refractivity contribution >= 4 is 47.4 Å². The first-order valence-corrected chi connectivity index (χ1v) is 10.8. The monoisotopic (exact) mass is 527 g/mol. The van der Waals surface area contributed by atoms with Crippen LogP contribution >= 0.6 is 24.0 Å². The molecule has 1 heterocycles. The smallest absolute Gasteiger partial charge is 0.225 e. The highest BCUT2D eigenvalue weighted by Crippen LogP contribution is 2.31. The molecular weight excluding hydrogens is 493 g/mol. The lowest BCUT2D eigenvalue weighted by Crippen LogP contribution is -2.43. The molecule has 1 aromatic rings. The summed E-state index contributed by atoms with van der Waals surface area (Å²) in [6.45, 7) is 1.80. The van der Waals surface area contributed by atoms with Gasteiger partial charge in [-0.15, -0.1) is 24.0 Å². The van der Waals surface area contributed by atoms with Gasteiger partial charge in [-0.2, -0.15) is 0 Å². The van der Waals surface area contributed by atoms with Crippen LogP contribution in [0.4, 0.5) is 5.69 Å². The van der Waals surface area contributed by atoms with Gasteiger partial charge in [-0.25, -0.2) is 0 Å². The van der Waals surface area contributed by atoms with E-state index in [-0.39, 0.29) is 41.7 Å². The zero-order chi connectivity index (χ0) is 20.5. The number of aliphatic imine (C=N–C) groups is 1. The summed E-state index contributed by atoms with van der Waals surface area (Å²) in [4.78, 5) is 28.3. The molecule has 166 valence electrons. The molecule has 0 radical (unpaired) electrons. The number of hydrogen-bond acceptors (Lipinski definition) is 3. The first kappa shape index (κ1) is 24.4. The van der Waals surface area contributed by atoms with Crippen molar-refractivity contribution in [3.8, 4) is 0 Å². The molecule has 1 saturated carbocycles. The number of benzene rings is 1. The van der Waals surface area contributed by atoms with Gasteiger partial charge in [-0.1, -0.05) is 37.5 Å². The van der Waals surface area contributed by atoms with Crippen LogP contribution in [-0.2, 0) is 9.59 Å². The third-order valence-corrected chi connectivity index (χ3v) is 5.78. The van der Waals surface area contributed by atoms with Crippen molar-refractivity contribution in [2.24, 2.45) is 10.9 Å². The maximum absolute atomic E-state index is 12.1. The normalized spacial score (nSPS) is 19.2. The Morgan fingerprint density at radius 2 is 1.83 bits per heavy atom. The van der Waals surface area contributed by atoms with Gasteiger partial charge in [0.2, 0.25) is 11.8 Å². The van der Waals surface area contributed by atoms with E-state index in [0.29, 0.717) is 44.4 Å². The molecule has 2 aliphatic rings. The third kappa shape index (κ3) is 7.45. The standard InChI is InChI=1S/C22H33N5O2.HI/c1-23-22(25-12-11-24-20(28)13-16-7-3-2-4-8-16)26-15-17-14-21(29)27-19-10-6-5-9-18(17)19;/h5-6,9-10,16-17H,2-4,7-8,11-15H2,1H3,(H,24,28)(H,27,29)(H2,23,25,26);1H. The first-order valence-electron chi connectivity index (χ1n) is 10.8.